The van der Waals surface area contributed by atoms with E-state index in [1.165, 1.54) is 0 Å². The largest absolute Gasteiger partial charge is 0.373 e. The van der Waals surface area contributed by atoms with E-state index in [-0.39, 0.29) is 5.91 Å². The molecule has 1 aromatic rings. The van der Waals surface area contributed by atoms with E-state index in [1.807, 2.05) is 12.1 Å². The lowest BCUT2D eigenvalue weighted by Crippen LogP contribution is -2.31. The minimum Gasteiger partial charge on any atom is -0.373 e. The van der Waals surface area contributed by atoms with Gasteiger partial charge in [0.1, 0.15) is 11.5 Å². The fourth-order valence-corrected chi connectivity index (χ4v) is 2.22. The summed E-state index contributed by atoms with van der Waals surface area (Å²) in [6, 6.07) is 5.40. The molecule has 2 N–H and O–H groups in total. The molecule has 1 saturated heterocycles. The van der Waals surface area contributed by atoms with Gasteiger partial charge in [-0.2, -0.15) is 0 Å². The summed E-state index contributed by atoms with van der Waals surface area (Å²) in [6.07, 6.45) is 1.15. The van der Waals surface area contributed by atoms with Gasteiger partial charge in [0.2, 0.25) is 0 Å². The maximum atomic E-state index is 11.9. The Balaban J connectivity index is 1.87. The average Bonchev–Trinajstić information content (AvgIpc) is 2.82. The number of nitrogens with zero attached hydrogens (tertiary/aromatic N) is 2. The van der Waals surface area contributed by atoms with Crippen molar-refractivity contribution in [3.8, 4) is 0 Å². The van der Waals surface area contributed by atoms with Gasteiger partial charge in [0.05, 0.1) is 0 Å². The number of carbonyl (C=O) groups excluding carboxylic acids is 1. The fourth-order valence-electron chi connectivity index (χ4n) is 2.22. The van der Waals surface area contributed by atoms with E-state index >= 15 is 0 Å². The minimum absolute atomic E-state index is 0.0957. The second kappa shape index (κ2) is 5.82. The van der Waals surface area contributed by atoms with Crippen molar-refractivity contribution in [3.05, 3.63) is 23.9 Å². The monoisotopic (exact) mass is 248 g/mol. The molecule has 5 nitrogen and oxygen atoms in total. The molecule has 0 aromatic carbocycles. The smallest absolute Gasteiger partial charge is 0.269 e. The van der Waals surface area contributed by atoms with Crippen LogP contribution in [0.2, 0.25) is 0 Å². The van der Waals surface area contributed by atoms with Gasteiger partial charge in [0, 0.05) is 20.1 Å². The highest BCUT2D eigenvalue weighted by molar-refractivity contribution is 5.92. The van der Waals surface area contributed by atoms with Gasteiger partial charge in [-0.05, 0) is 38.1 Å². The zero-order chi connectivity index (χ0) is 13.0. The first-order valence-corrected chi connectivity index (χ1v) is 6.30. The summed E-state index contributed by atoms with van der Waals surface area (Å²) in [4.78, 5) is 18.4. The Labute approximate surface area is 108 Å². The number of likely N-dealkylation sites (tertiary alicyclic amines) is 1. The van der Waals surface area contributed by atoms with Crippen LogP contribution in [0.4, 0.5) is 5.82 Å². The predicted octanol–water partition coefficient (Wildman–Crippen LogP) is 0.805. The Hall–Kier alpha value is -1.62. The van der Waals surface area contributed by atoms with E-state index in [4.69, 9.17) is 0 Å². The third-order valence-corrected chi connectivity index (χ3v) is 3.28. The molecule has 1 aliphatic heterocycles. The van der Waals surface area contributed by atoms with Crippen LogP contribution in [0.3, 0.4) is 0 Å². The van der Waals surface area contributed by atoms with Gasteiger partial charge in [-0.15, -0.1) is 0 Å². The molecule has 1 aromatic heterocycles. The average molecular weight is 248 g/mol. The van der Waals surface area contributed by atoms with Crippen molar-refractivity contribution in [2.45, 2.75) is 6.42 Å². The molecule has 1 unspecified atom stereocenters. The first-order valence-electron chi connectivity index (χ1n) is 6.30. The summed E-state index contributed by atoms with van der Waals surface area (Å²) in [5.74, 6) is 1.18. The highest BCUT2D eigenvalue weighted by Gasteiger charge is 2.20. The Morgan fingerprint density at radius 1 is 1.56 bits per heavy atom. The number of hydrogen-bond acceptors (Lipinski definition) is 4. The maximum Gasteiger partial charge on any atom is 0.269 e. The molecular formula is C13H20N4O. The normalized spacial score (nSPS) is 19.8. The maximum absolute atomic E-state index is 11.9. The number of hydrogen-bond donors (Lipinski definition) is 2. The van der Waals surface area contributed by atoms with Gasteiger partial charge in [-0.1, -0.05) is 6.07 Å². The van der Waals surface area contributed by atoms with Crippen molar-refractivity contribution in [2.75, 3.05) is 39.0 Å². The van der Waals surface area contributed by atoms with Crippen LogP contribution in [0, 0.1) is 5.92 Å². The molecule has 18 heavy (non-hydrogen) atoms. The Bertz CT molecular complexity index is 421. The van der Waals surface area contributed by atoms with Crippen molar-refractivity contribution in [1.82, 2.24) is 15.2 Å². The highest BCUT2D eigenvalue weighted by Crippen LogP contribution is 2.13. The molecule has 0 saturated carbocycles. The molecule has 98 valence electrons. The van der Waals surface area contributed by atoms with E-state index in [9.17, 15) is 4.79 Å². The molecule has 2 heterocycles. The first-order chi connectivity index (χ1) is 8.69. The molecule has 1 atom stereocenters. The Morgan fingerprint density at radius 2 is 2.39 bits per heavy atom. The SMILES string of the molecule is CNc1cccc(C(=O)NCC2CCN(C)C2)n1. The number of carbonyl (C=O) groups is 1. The van der Waals surface area contributed by atoms with Crippen molar-refractivity contribution in [2.24, 2.45) is 5.92 Å². The molecular weight excluding hydrogens is 228 g/mol. The van der Waals surface area contributed by atoms with Gasteiger partial charge in [0.15, 0.2) is 0 Å². The first kappa shape index (κ1) is 12.8. The molecule has 2 rings (SSSR count). The number of rotatable bonds is 4. The standard InChI is InChI=1S/C13H20N4O/c1-14-12-5-3-4-11(16-12)13(18)15-8-10-6-7-17(2)9-10/h3-5,10H,6-9H2,1-2H3,(H,14,16)(H,15,18). The van der Waals surface area contributed by atoms with Crippen LogP contribution >= 0.6 is 0 Å². The van der Waals surface area contributed by atoms with Gasteiger partial charge in [-0.25, -0.2) is 4.98 Å². The lowest BCUT2D eigenvalue weighted by Gasteiger charge is -2.11. The molecule has 0 radical (unpaired) electrons. The molecule has 5 heteroatoms. The number of nitrogens with one attached hydrogen (secondary N) is 2. The fraction of sp³-hybridized carbons (Fsp3) is 0.538. The molecule has 0 aliphatic carbocycles. The van der Waals surface area contributed by atoms with E-state index in [1.54, 1.807) is 13.1 Å². The second-order valence-corrected chi connectivity index (χ2v) is 4.79. The molecule has 1 fully saturated rings. The van der Waals surface area contributed by atoms with Crippen LogP contribution in [-0.2, 0) is 0 Å². The van der Waals surface area contributed by atoms with E-state index in [0.29, 0.717) is 17.4 Å². The highest BCUT2D eigenvalue weighted by atomic mass is 16.1. The number of aromatic nitrogens is 1. The number of anilines is 1. The summed E-state index contributed by atoms with van der Waals surface area (Å²) in [6.45, 7) is 2.91. The predicted molar refractivity (Wildman–Crippen MR) is 71.7 cm³/mol. The molecule has 0 spiro atoms. The van der Waals surface area contributed by atoms with E-state index in [2.05, 4.69) is 27.6 Å². The van der Waals surface area contributed by atoms with Gasteiger partial charge in [-0.3, -0.25) is 4.79 Å². The molecule has 1 amide bonds. The zero-order valence-electron chi connectivity index (χ0n) is 10.9. The topological polar surface area (TPSA) is 57.3 Å². The third kappa shape index (κ3) is 3.20. The van der Waals surface area contributed by atoms with Crippen LogP contribution in [-0.4, -0.2) is 49.5 Å². The lowest BCUT2D eigenvalue weighted by molar-refractivity contribution is 0.0942. The van der Waals surface area contributed by atoms with Crippen LogP contribution in [0.15, 0.2) is 18.2 Å². The third-order valence-electron chi connectivity index (χ3n) is 3.28. The van der Waals surface area contributed by atoms with Gasteiger partial charge >= 0.3 is 0 Å². The molecule has 0 bridgehead atoms. The second-order valence-electron chi connectivity index (χ2n) is 4.79. The van der Waals surface area contributed by atoms with Crippen molar-refractivity contribution < 1.29 is 4.79 Å². The summed E-state index contributed by atoms with van der Waals surface area (Å²) < 4.78 is 0. The van der Waals surface area contributed by atoms with Crippen LogP contribution in [0.5, 0.6) is 0 Å². The molecule has 1 aliphatic rings. The summed E-state index contributed by atoms with van der Waals surface area (Å²) in [5, 5.41) is 5.88. The Morgan fingerprint density at radius 3 is 3.06 bits per heavy atom. The van der Waals surface area contributed by atoms with Crippen LogP contribution in [0.1, 0.15) is 16.9 Å². The lowest BCUT2D eigenvalue weighted by atomic mass is 10.1. The van der Waals surface area contributed by atoms with Crippen molar-refractivity contribution in [1.29, 1.82) is 0 Å². The summed E-state index contributed by atoms with van der Waals surface area (Å²) in [5.41, 5.74) is 0.466. The Kier molecular flexibility index (Phi) is 4.15. The van der Waals surface area contributed by atoms with Crippen LogP contribution in [0.25, 0.3) is 0 Å². The van der Waals surface area contributed by atoms with Crippen molar-refractivity contribution in [3.63, 3.8) is 0 Å². The number of amides is 1. The summed E-state index contributed by atoms with van der Waals surface area (Å²) in [7, 11) is 3.90. The van der Waals surface area contributed by atoms with Crippen LogP contribution < -0.4 is 10.6 Å². The van der Waals surface area contributed by atoms with Crippen molar-refractivity contribution >= 4 is 11.7 Å². The summed E-state index contributed by atoms with van der Waals surface area (Å²) >= 11 is 0. The van der Waals surface area contributed by atoms with E-state index < -0.39 is 0 Å². The van der Waals surface area contributed by atoms with Gasteiger partial charge in [0.25, 0.3) is 5.91 Å². The zero-order valence-corrected chi connectivity index (χ0v) is 10.9. The quantitative estimate of drug-likeness (QED) is 0.827. The number of pyridine rings is 1. The van der Waals surface area contributed by atoms with E-state index in [0.717, 1.165) is 26.1 Å². The van der Waals surface area contributed by atoms with Gasteiger partial charge < -0.3 is 15.5 Å². The minimum atomic E-state index is -0.0957.